The zero-order valence-corrected chi connectivity index (χ0v) is 17.8. The zero-order chi connectivity index (χ0) is 21.2. The smallest absolute Gasteiger partial charge is 0.410 e. The molecule has 0 saturated carbocycles. The molecular formula is C20H33N3O5. The van der Waals surface area contributed by atoms with Gasteiger partial charge in [0.25, 0.3) is 0 Å². The number of hydrogen-bond acceptors (Lipinski definition) is 5. The van der Waals surface area contributed by atoms with E-state index >= 15 is 0 Å². The van der Waals surface area contributed by atoms with Crippen molar-refractivity contribution >= 4 is 23.7 Å². The van der Waals surface area contributed by atoms with Gasteiger partial charge in [0.05, 0.1) is 19.2 Å². The van der Waals surface area contributed by atoms with Crippen LogP contribution in [0.15, 0.2) is 0 Å². The number of hydrogen-bond donors (Lipinski definition) is 1. The Bertz CT molecular complexity index is 640. The first kappa shape index (κ1) is 22.2. The Morgan fingerprint density at radius 3 is 2.39 bits per heavy atom. The van der Waals surface area contributed by atoms with Gasteiger partial charge in [0.15, 0.2) is 5.78 Å². The number of nitrogens with one attached hydrogen (secondary N) is 1. The number of ether oxygens (including phenoxy) is 1. The van der Waals surface area contributed by atoms with Gasteiger partial charge in [-0.2, -0.15) is 0 Å². The highest BCUT2D eigenvalue weighted by Crippen LogP contribution is 2.31. The fraction of sp³-hybridized carbons (Fsp3) is 0.800. The average molecular weight is 396 g/mol. The molecule has 0 aromatic rings. The Morgan fingerprint density at radius 1 is 1.21 bits per heavy atom. The summed E-state index contributed by atoms with van der Waals surface area (Å²) in [5, 5.41) is 2.71. The highest BCUT2D eigenvalue weighted by Gasteiger charge is 2.52. The maximum Gasteiger partial charge on any atom is 0.410 e. The van der Waals surface area contributed by atoms with Crippen LogP contribution < -0.4 is 5.32 Å². The van der Waals surface area contributed by atoms with Gasteiger partial charge in [-0.25, -0.2) is 4.79 Å². The molecule has 3 amide bonds. The first-order valence-corrected chi connectivity index (χ1v) is 9.94. The Balaban J connectivity index is 2.10. The van der Waals surface area contributed by atoms with Crippen LogP contribution in [0.5, 0.6) is 0 Å². The molecule has 2 saturated heterocycles. The molecule has 0 aliphatic carbocycles. The first-order chi connectivity index (χ1) is 12.9. The third-order valence-electron chi connectivity index (χ3n) is 4.95. The number of fused-ring (bicyclic) bond motifs is 1. The van der Waals surface area contributed by atoms with Crippen molar-refractivity contribution in [3.05, 3.63) is 0 Å². The van der Waals surface area contributed by atoms with Crippen LogP contribution in [0, 0.1) is 11.3 Å². The number of nitrogens with zero attached hydrogens (tertiary/aromatic N) is 2. The molecule has 0 aromatic heterocycles. The molecule has 2 aliphatic rings. The highest BCUT2D eigenvalue weighted by molar-refractivity contribution is 5.98. The van der Waals surface area contributed by atoms with Crippen LogP contribution in [0.25, 0.3) is 0 Å². The SMILES string of the molecule is CC(=O)N[C@@H](CC(C)C)C(=O)N1CC(=O)[C@@H]2[C@H]1CCN2C(=O)OCC(C)(C)C. The third kappa shape index (κ3) is 5.23. The topological polar surface area (TPSA) is 96.0 Å². The fourth-order valence-electron chi connectivity index (χ4n) is 3.82. The number of carbonyl (C=O) groups excluding carboxylic acids is 4. The van der Waals surface area contributed by atoms with Gasteiger partial charge in [-0.1, -0.05) is 34.6 Å². The minimum atomic E-state index is -0.661. The Kier molecular flexibility index (Phi) is 6.72. The van der Waals surface area contributed by atoms with E-state index in [1.165, 1.54) is 16.7 Å². The molecule has 28 heavy (non-hydrogen) atoms. The maximum absolute atomic E-state index is 13.1. The second-order valence-corrected chi connectivity index (χ2v) is 9.42. The van der Waals surface area contributed by atoms with E-state index in [-0.39, 0.29) is 48.1 Å². The van der Waals surface area contributed by atoms with E-state index in [9.17, 15) is 19.2 Å². The Hall–Kier alpha value is -2.12. The third-order valence-corrected chi connectivity index (χ3v) is 4.95. The van der Waals surface area contributed by atoms with Crippen LogP contribution in [0.4, 0.5) is 4.79 Å². The summed E-state index contributed by atoms with van der Waals surface area (Å²) < 4.78 is 5.37. The van der Waals surface area contributed by atoms with E-state index in [2.05, 4.69) is 5.32 Å². The van der Waals surface area contributed by atoms with Gasteiger partial charge in [-0.15, -0.1) is 0 Å². The molecule has 0 unspecified atom stereocenters. The normalized spacial score (nSPS) is 23.0. The predicted octanol–water partition coefficient (Wildman–Crippen LogP) is 1.57. The van der Waals surface area contributed by atoms with Gasteiger partial charge < -0.3 is 15.0 Å². The van der Waals surface area contributed by atoms with Gasteiger partial charge in [-0.3, -0.25) is 19.3 Å². The predicted molar refractivity (Wildman–Crippen MR) is 103 cm³/mol. The largest absolute Gasteiger partial charge is 0.449 e. The lowest BCUT2D eigenvalue weighted by Crippen LogP contribution is -2.51. The van der Waals surface area contributed by atoms with Crippen molar-refractivity contribution in [1.29, 1.82) is 0 Å². The number of Topliss-reactive ketones (excluding diaryl/α,β-unsaturated/α-hetero) is 1. The van der Waals surface area contributed by atoms with Crippen molar-refractivity contribution in [2.75, 3.05) is 19.7 Å². The number of amides is 3. The van der Waals surface area contributed by atoms with Crippen LogP contribution in [-0.2, 0) is 19.1 Å². The molecule has 2 fully saturated rings. The van der Waals surface area contributed by atoms with Crippen LogP contribution in [0.3, 0.4) is 0 Å². The fourth-order valence-corrected chi connectivity index (χ4v) is 3.82. The lowest BCUT2D eigenvalue weighted by atomic mass is 9.99. The van der Waals surface area contributed by atoms with Crippen molar-refractivity contribution in [2.24, 2.45) is 11.3 Å². The number of likely N-dealkylation sites (tertiary alicyclic amines) is 2. The molecule has 158 valence electrons. The van der Waals surface area contributed by atoms with Crippen molar-refractivity contribution < 1.29 is 23.9 Å². The number of carbonyl (C=O) groups is 4. The Labute approximate surface area is 166 Å². The highest BCUT2D eigenvalue weighted by atomic mass is 16.6. The van der Waals surface area contributed by atoms with Gasteiger partial charge in [0.2, 0.25) is 11.8 Å². The van der Waals surface area contributed by atoms with Crippen molar-refractivity contribution in [3.63, 3.8) is 0 Å². The molecule has 8 heteroatoms. The second kappa shape index (κ2) is 8.49. The summed E-state index contributed by atoms with van der Waals surface area (Å²) in [6, 6.07) is -1.68. The molecule has 2 aliphatic heterocycles. The van der Waals surface area contributed by atoms with E-state index in [1.807, 2.05) is 34.6 Å². The lowest BCUT2D eigenvalue weighted by molar-refractivity contribution is -0.137. The van der Waals surface area contributed by atoms with Crippen molar-refractivity contribution in [2.45, 2.75) is 72.5 Å². The summed E-state index contributed by atoms with van der Waals surface area (Å²) in [6.07, 6.45) is 0.518. The summed E-state index contributed by atoms with van der Waals surface area (Å²) in [7, 11) is 0. The monoisotopic (exact) mass is 395 g/mol. The van der Waals surface area contributed by atoms with E-state index in [1.54, 1.807) is 0 Å². The average Bonchev–Trinajstić information content (AvgIpc) is 3.11. The van der Waals surface area contributed by atoms with Crippen LogP contribution >= 0.6 is 0 Å². The molecule has 0 aromatic carbocycles. The Morgan fingerprint density at radius 2 is 1.86 bits per heavy atom. The summed E-state index contributed by atoms with van der Waals surface area (Å²) in [5.41, 5.74) is -0.168. The van der Waals surface area contributed by atoms with Crippen LogP contribution in [0.1, 0.15) is 54.4 Å². The number of rotatable bonds is 5. The summed E-state index contributed by atoms with van der Waals surface area (Å²) in [4.78, 5) is 52.7. The van der Waals surface area contributed by atoms with E-state index in [0.29, 0.717) is 19.4 Å². The quantitative estimate of drug-likeness (QED) is 0.762. The second-order valence-electron chi connectivity index (χ2n) is 9.42. The van der Waals surface area contributed by atoms with E-state index in [0.717, 1.165) is 0 Å². The molecule has 1 N–H and O–H groups in total. The maximum atomic E-state index is 13.1. The molecular weight excluding hydrogens is 362 g/mol. The minimum absolute atomic E-state index is 0.0363. The molecule has 0 radical (unpaired) electrons. The minimum Gasteiger partial charge on any atom is -0.449 e. The van der Waals surface area contributed by atoms with Gasteiger partial charge in [-0.05, 0) is 24.2 Å². The summed E-state index contributed by atoms with van der Waals surface area (Å²) >= 11 is 0. The lowest BCUT2D eigenvalue weighted by Gasteiger charge is -2.29. The zero-order valence-electron chi connectivity index (χ0n) is 17.8. The molecule has 3 atom stereocenters. The van der Waals surface area contributed by atoms with Gasteiger partial charge >= 0.3 is 6.09 Å². The summed E-state index contributed by atoms with van der Waals surface area (Å²) in [5.74, 6) is -0.480. The van der Waals surface area contributed by atoms with Crippen molar-refractivity contribution in [3.8, 4) is 0 Å². The molecule has 2 rings (SSSR count). The van der Waals surface area contributed by atoms with E-state index < -0.39 is 18.2 Å². The molecule has 0 bridgehead atoms. The van der Waals surface area contributed by atoms with Crippen LogP contribution in [-0.4, -0.2) is 71.3 Å². The first-order valence-electron chi connectivity index (χ1n) is 9.94. The number of ketones is 1. The summed E-state index contributed by atoms with van der Waals surface area (Å²) in [6.45, 7) is 11.8. The van der Waals surface area contributed by atoms with E-state index in [4.69, 9.17) is 4.74 Å². The molecule has 2 heterocycles. The van der Waals surface area contributed by atoms with Gasteiger partial charge in [0.1, 0.15) is 12.1 Å². The standard InChI is InChI=1S/C20H33N3O5/c1-12(2)9-14(21-13(3)24)18(26)23-10-16(25)17-15(23)7-8-22(17)19(27)28-11-20(4,5)6/h12,14-15,17H,7-11H2,1-6H3,(H,21,24)/t14-,15+,17-/m0/s1. The molecule has 8 nitrogen and oxygen atoms in total. The van der Waals surface area contributed by atoms with Gasteiger partial charge in [0, 0.05) is 13.5 Å². The molecule has 0 spiro atoms. The van der Waals surface area contributed by atoms with Crippen LogP contribution in [0.2, 0.25) is 0 Å². The van der Waals surface area contributed by atoms with Crippen molar-refractivity contribution in [1.82, 2.24) is 15.1 Å².